The van der Waals surface area contributed by atoms with E-state index in [0.29, 0.717) is 43.3 Å². The molecular weight excluding hydrogens is 562 g/mol. The van der Waals surface area contributed by atoms with Crippen LogP contribution >= 0.6 is 0 Å². The van der Waals surface area contributed by atoms with E-state index in [4.69, 9.17) is 9.11 Å². The molecule has 0 unspecified atom stereocenters. The van der Waals surface area contributed by atoms with Gasteiger partial charge >= 0.3 is 5.84 Å². The second-order valence-corrected chi connectivity index (χ2v) is 14.8. The number of hydrogen-bond donors (Lipinski definition) is 2. The minimum absolute atomic E-state index is 0.253. The predicted octanol–water partition coefficient (Wildman–Crippen LogP) is 4.88. The molecule has 0 aromatic heterocycles. The molecule has 0 atom stereocenters. The van der Waals surface area contributed by atoms with Crippen LogP contribution in [0.2, 0.25) is 0 Å². The van der Waals surface area contributed by atoms with Crippen molar-refractivity contribution in [3.8, 4) is 0 Å². The molecule has 2 aromatic rings. The molecule has 2 aliphatic rings. The van der Waals surface area contributed by atoms with E-state index in [0.717, 1.165) is 28.6 Å². The summed E-state index contributed by atoms with van der Waals surface area (Å²) in [5, 5.41) is 0. The normalized spacial score (nSPS) is 18.9. The highest BCUT2D eigenvalue weighted by atomic mass is 32.2. The van der Waals surface area contributed by atoms with Crippen LogP contribution in [0.5, 0.6) is 0 Å². The lowest BCUT2D eigenvalue weighted by molar-refractivity contribution is -0.438. The average molecular weight is 604 g/mol. The Labute approximate surface area is 244 Å². The number of rotatable bonds is 12. The second-order valence-electron chi connectivity index (χ2n) is 11.6. The van der Waals surface area contributed by atoms with Gasteiger partial charge in [0, 0.05) is 41.9 Å². The highest BCUT2D eigenvalue weighted by Gasteiger charge is 2.46. The lowest BCUT2D eigenvalue weighted by Gasteiger charge is -2.27. The quantitative estimate of drug-likeness (QED) is 0.154. The molecule has 222 valence electrons. The molecule has 2 aromatic carbocycles. The van der Waals surface area contributed by atoms with Crippen molar-refractivity contribution in [3.63, 3.8) is 0 Å². The minimum Gasteiger partial charge on any atom is -0.344 e. The summed E-state index contributed by atoms with van der Waals surface area (Å²) in [6, 6.07) is 16.4. The van der Waals surface area contributed by atoms with Crippen LogP contribution < -0.4 is 9.38 Å². The number of allylic oxidation sites excluding steroid dienone is 3. The Balaban J connectivity index is 1.65. The van der Waals surface area contributed by atoms with Gasteiger partial charge in [-0.1, -0.05) is 44.2 Å². The first-order valence-corrected chi connectivity index (χ1v) is 17.1. The molecule has 0 saturated carbocycles. The van der Waals surface area contributed by atoms with Gasteiger partial charge in [-0.25, -0.2) is 4.48 Å². The highest BCUT2D eigenvalue weighted by molar-refractivity contribution is 7.86. The lowest BCUT2D eigenvalue weighted by Crippen LogP contribution is -2.45. The fourth-order valence-electron chi connectivity index (χ4n) is 5.94. The standard InChI is InChI=1S/C30H39N3O6S2/c1-30(2)24-14-5-6-15-25(24)31(20-9-11-22-40(34,35)36)28(30)18-13-19-29-32(21-10-12-23-41(37,38)39)26-16-7-8-17-27(26)33(29,3)4/h5-8,13-19H,9-12,20-23H2,1-4H3/p+2. The van der Waals surface area contributed by atoms with Gasteiger partial charge in [0.25, 0.3) is 25.9 Å². The molecule has 4 rings (SSSR count). The highest BCUT2D eigenvalue weighted by Crippen LogP contribution is 2.47. The number of likely N-dealkylation sites (N-methyl/N-ethyl adjacent to an activating group) is 1. The average Bonchev–Trinajstić information content (AvgIpc) is 3.23. The number of hydrogen-bond acceptors (Lipinski definition) is 5. The van der Waals surface area contributed by atoms with E-state index in [-0.39, 0.29) is 16.9 Å². The van der Waals surface area contributed by atoms with Crippen LogP contribution in [0.3, 0.4) is 0 Å². The van der Waals surface area contributed by atoms with Crippen LogP contribution in [0, 0.1) is 0 Å². The molecule has 0 saturated heterocycles. The summed E-state index contributed by atoms with van der Waals surface area (Å²) in [5.74, 6) is 0.535. The third-order valence-corrected chi connectivity index (χ3v) is 9.60. The Hall–Kier alpha value is -2.83. The Morgan fingerprint density at radius 3 is 2.17 bits per heavy atom. The van der Waals surface area contributed by atoms with Crippen LogP contribution in [-0.4, -0.2) is 75.0 Å². The molecule has 0 bridgehead atoms. The van der Waals surface area contributed by atoms with Crippen LogP contribution in [0.4, 0.5) is 17.1 Å². The van der Waals surface area contributed by atoms with Crippen LogP contribution in [-0.2, 0) is 25.7 Å². The van der Waals surface area contributed by atoms with Gasteiger partial charge in [-0.3, -0.25) is 9.11 Å². The summed E-state index contributed by atoms with van der Waals surface area (Å²) in [6.45, 7) is 5.61. The summed E-state index contributed by atoms with van der Waals surface area (Å²) >= 11 is 0. The molecule has 41 heavy (non-hydrogen) atoms. The summed E-state index contributed by atoms with van der Waals surface area (Å²) in [4.78, 5) is 2.24. The largest absolute Gasteiger partial charge is 0.374 e. The van der Waals surface area contributed by atoms with Crippen molar-refractivity contribution < 1.29 is 30.5 Å². The molecule has 0 fully saturated rings. The van der Waals surface area contributed by atoms with Crippen molar-refractivity contribution in [2.45, 2.75) is 44.9 Å². The number of amidine groups is 1. The lowest BCUT2D eigenvalue weighted by atomic mass is 9.84. The van der Waals surface area contributed by atoms with E-state index in [1.165, 1.54) is 5.56 Å². The van der Waals surface area contributed by atoms with Crippen molar-refractivity contribution >= 4 is 43.1 Å². The van der Waals surface area contributed by atoms with Gasteiger partial charge in [-0.15, -0.1) is 4.58 Å². The maximum atomic E-state index is 11.2. The Morgan fingerprint density at radius 2 is 1.49 bits per heavy atom. The van der Waals surface area contributed by atoms with Gasteiger partial charge in [0.1, 0.15) is 0 Å². The second kappa shape index (κ2) is 11.8. The molecule has 0 aliphatic carbocycles. The molecule has 2 aliphatic heterocycles. The topological polar surface area (TPSA) is 115 Å². The number of anilines is 1. The molecule has 0 spiro atoms. The first kappa shape index (κ1) is 31.1. The van der Waals surface area contributed by atoms with Crippen molar-refractivity contribution in [2.24, 2.45) is 0 Å². The number of para-hydroxylation sites is 3. The van der Waals surface area contributed by atoms with E-state index in [1.807, 2.05) is 24.3 Å². The summed E-state index contributed by atoms with van der Waals surface area (Å²) in [6.07, 6.45) is 8.23. The first-order chi connectivity index (χ1) is 19.1. The fourth-order valence-corrected chi connectivity index (χ4v) is 7.08. The third-order valence-electron chi connectivity index (χ3n) is 7.99. The van der Waals surface area contributed by atoms with Crippen molar-refractivity contribution in [1.29, 1.82) is 0 Å². The number of quaternary nitrogens is 1. The molecule has 0 amide bonds. The zero-order chi connectivity index (χ0) is 30.1. The van der Waals surface area contributed by atoms with Crippen LogP contribution in [0.25, 0.3) is 0 Å². The Morgan fingerprint density at radius 1 is 0.878 bits per heavy atom. The SMILES string of the molecule is CC1(C)/C(=C\C=C\C2=[N+](CCCCS(=O)(=O)O)c3ccccc3[N+]2(C)C)N(CCCCS(=O)(=O)O)c2ccccc21. The maximum absolute atomic E-state index is 11.2. The van der Waals surface area contributed by atoms with Crippen molar-refractivity contribution in [2.75, 3.05) is 43.6 Å². The van der Waals surface area contributed by atoms with Gasteiger partial charge in [0.05, 0.1) is 31.7 Å². The van der Waals surface area contributed by atoms with Crippen LogP contribution in [0.1, 0.15) is 45.1 Å². The van der Waals surface area contributed by atoms with E-state index in [9.17, 15) is 16.8 Å². The minimum atomic E-state index is -3.99. The zero-order valence-electron chi connectivity index (χ0n) is 24.2. The zero-order valence-corrected chi connectivity index (χ0v) is 25.8. The molecule has 2 heterocycles. The smallest absolute Gasteiger partial charge is 0.344 e. The summed E-state index contributed by atoms with van der Waals surface area (Å²) in [5.41, 5.74) is 5.35. The molecule has 11 heteroatoms. The summed E-state index contributed by atoms with van der Waals surface area (Å²) in [7, 11) is -3.73. The van der Waals surface area contributed by atoms with E-state index < -0.39 is 20.2 Å². The van der Waals surface area contributed by atoms with Crippen LogP contribution in [0.15, 0.2) is 72.5 Å². The van der Waals surface area contributed by atoms with Gasteiger partial charge < -0.3 is 4.90 Å². The van der Waals surface area contributed by atoms with Gasteiger partial charge in [0.15, 0.2) is 6.54 Å². The van der Waals surface area contributed by atoms with E-state index in [1.54, 1.807) is 0 Å². The summed E-state index contributed by atoms with van der Waals surface area (Å²) < 4.78 is 65.9. The molecule has 0 radical (unpaired) electrons. The Kier molecular flexibility index (Phi) is 8.96. The number of unbranched alkanes of at least 4 members (excludes halogenated alkanes) is 2. The van der Waals surface area contributed by atoms with Gasteiger partial charge in [-0.2, -0.15) is 16.8 Å². The van der Waals surface area contributed by atoms with Gasteiger partial charge in [-0.05, 0) is 43.0 Å². The third kappa shape index (κ3) is 6.98. The van der Waals surface area contributed by atoms with Crippen molar-refractivity contribution in [1.82, 2.24) is 4.48 Å². The number of nitrogens with zero attached hydrogens (tertiary/aromatic N) is 3. The number of fused-ring (bicyclic) bond motifs is 2. The first-order valence-electron chi connectivity index (χ1n) is 13.9. The predicted molar refractivity (Wildman–Crippen MR) is 165 cm³/mol. The van der Waals surface area contributed by atoms with Gasteiger partial charge in [0.2, 0.25) is 5.69 Å². The maximum Gasteiger partial charge on any atom is 0.374 e. The molecule has 9 nitrogen and oxygen atoms in total. The van der Waals surface area contributed by atoms with E-state index >= 15 is 0 Å². The fraction of sp³-hybridized carbons (Fsp3) is 0.433. The van der Waals surface area contributed by atoms with Crippen molar-refractivity contribution in [3.05, 3.63) is 78.0 Å². The molecular formula is C30H41N3O6S2+2. The monoisotopic (exact) mass is 603 g/mol. The Bertz CT molecular complexity index is 1610. The van der Waals surface area contributed by atoms with E-state index in [2.05, 4.69) is 79.9 Å². The number of benzene rings is 2. The molecule has 2 N–H and O–H groups in total.